The van der Waals surface area contributed by atoms with Gasteiger partial charge in [0.15, 0.2) is 0 Å². The Morgan fingerprint density at radius 3 is 2.20 bits per heavy atom. The fourth-order valence-corrected chi connectivity index (χ4v) is 2.03. The molecule has 0 saturated carbocycles. The molecule has 1 aliphatic rings. The largest absolute Gasteiger partial charge is 0.491 e. The summed E-state index contributed by atoms with van der Waals surface area (Å²) in [4.78, 5) is 7.04. The molecule has 0 aliphatic carbocycles. The van der Waals surface area contributed by atoms with E-state index in [4.69, 9.17) is 9.31 Å². The second-order valence-electron chi connectivity index (χ2n) is 5.75. The Balaban J connectivity index is 2.24. The average Bonchev–Trinajstić information content (AvgIpc) is 2.57. The quantitative estimate of drug-likeness (QED) is 0.529. The van der Waals surface area contributed by atoms with Gasteiger partial charge in [0.2, 0.25) is 0 Å². The van der Waals surface area contributed by atoms with Gasteiger partial charge >= 0.3 is 13.2 Å². The molecule has 0 N–H and O–H groups in total. The van der Waals surface area contributed by atoms with Crippen LogP contribution in [0.4, 0.5) is 4.39 Å². The maximum absolute atomic E-state index is 12.7. The van der Waals surface area contributed by atoms with Gasteiger partial charge in [-0.1, -0.05) is 6.08 Å². The fraction of sp³-hybridized carbons (Fsp3) is 0.538. The predicted molar refractivity (Wildman–Crippen MR) is 79.9 cm³/mol. The van der Waals surface area contributed by atoms with Crippen molar-refractivity contribution in [2.24, 2.45) is 0 Å². The van der Waals surface area contributed by atoms with E-state index >= 15 is 0 Å². The van der Waals surface area contributed by atoms with Crippen LogP contribution in [-0.2, 0) is 9.31 Å². The molecule has 0 unspecified atom stereocenters. The lowest BCUT2D eigenvalue weighted by molar-refractivity contribution is 0.00578. The molecule has 7 heteroatoms. The first-order chi connectivity index (χ1) is 9.25. The summed E-state index contributed by atoms with van der Waals surface area (Å²) in [7, 11) is -0.470. The topological polar surface area (TPSA) is 44.2 Å². The van der Waals surface area contributed by atoms with Crippen LogP contribution in [0.25, 0.3) is 6.08 Å². The first-order valence-corrected chi connectivity index (χ1v) is 7.03. The van der Waals surface area contributed by atoms with E-state index in [0.717, 1.165) is 5.47 Å². The lowest BCUT2D eigenvalue weighted by Crippen LogP contribution is -2.41. The number of hydrogen-bond acceptors (Lipinski definition) is 5. The predicted octanol–water partition coefficient (Wildman–Crippen LogP) is 2.56. The highest BCUT2D eigenvalue weighted by molar-refractivity contribution is 7.80. The van der Waals surface area contributed by atoms with Crippen molar-refractivity contribution in [2.45, 2.75) is 38.9 Å². The summed E-state index contributed by atoms with van der Waals surface area (Å²) in [6, 6.07) is 0. The zero-order valence-electron chi connectivity index (χ0n) is 12.1. The normalized spacial score (nSPS) is 21.3. The van der Waals surface area contributed by atoms with Gasteiger partial charge in [0.05, 0.1) is 11.2 Å². The van der Waals surface area contributed by atoms with Crippen molar-refractivity contribution in [3.05, 3.63) is 29.5 Å². The molecule has 2 rings (SSSR count). The smallest absolute Gasteiger partial charge is 0.400 e. The standard InChI is InChI=1S/C13H18BFN2O2S/c1-12(2)13(3,4)19-14(18-12)10(8-20)5-9-6-16-11(15)17-7-9/h5-7,20H,8H2,1-4H3. The van der Waals surface area contributed by atoms with Crippen molar-refractivity contribution < 1.29 is 13.7 Å². The van der Waals surface area contributed by atoms with Crippen molar-refractivity contribution in [2.75, 3.05) is 5.75 Å². The molecule has 2 heterocycles. The third-order valence-electron chi connectivity index (χ3n) is 3.73. The van der Waals surface area contributed by atoms with Gasteiger partial charge in [0.1, 0.15) is 0 Å². The van der Waals surface area contributed by atoms with Crippen LogP contribution in [-0.4, -0.2) is 34.0 Å². The zero-order chi connectivity index (χ0) is 15.0. The fourth-order valence-electron chi connectivity index (χ4n) is 1.79. The number of hydrogen-bond donors (Lipinski definition) is 1. The molecule has 0 bridgehead atoms. The van der Waals surface area contributed by atoms with Crippen LogP contribution in [0.3, 0.4) is 0 Å². The van der Waals surface area contributed by atoms with Gasteiger partial charge in [-0.05, 0) is 33.2 Å². The molecule has 108 valence electrons. The monoisotopic (exact) mass is 296 g/mol. The van der Waals surface area contributed by atoms with Crippen molar-refractivity contribution in [1.29, 1.82) is 0 Å². The third kappa shape index (κ3) is 3.05. The van der Waals surface area contributed by atoms with Crippen molar-refractivity contribution in [3.8, 4) is 0 Å². The summed E-state index contributed by atoms with van der Waals surface area (Å²) in [5, 5.41) is 0. The number of aromatic nitrogens is 2. The summed E-state index contributed by atoms with van der Waals surface area (Å²) in [6.45, 7) is 7.96. The van der Waals surface area contributed by atoms with E-state index in [-0.39, 0.29) is 0 Å². The van der Waals surface area contributed by atoms with Gasteiger partial charge in [-0.25, -0.2) is 9.97 Å². The Labute approximate surface area is 124 Å². The molecule has 1 saturated heterocycles. The molecule has 0 radical (unpaired) electrons. The van der Waals surface area contributed by atoms with Crippen LogP contribution in [0, 0.1) is 6.08 Å². The molecular weight excluding hydrogens is 278 g/mol. The lowest BCUT2D eigenvalue weighted by Gasteiger charge is -2.32. The Hall–Kier alpha value is -0.915. The molecule has 20 heavy (non-hydrogen) atoms. The van der Waals surface area contributed by atoms with Gasteiger partial charge in [-0.2, -0.15) is 17.0 Å². The number of nitrogens with zero attached hydrogens (tertiary/aromatic N) is 2. The van der Waals surface area contributed by atoms with E-state index in [1.807, 2.05) is 33.8 Å². The van der Waals surface area contributed by atoms with Crippen molar-refractivity contribution in [3.63, 3.8) is 0 Å². The summed E-state index contributed by atoms with van der Waals surface area (Å²) in [5.74, 6) is 0.466. The van der Waals surface area contributed by atoms with Gasteiger partial charge in [-0.15, -0.1) is 0 Å². The minimum Gasteiger partial charge on any atom is -0.400 e. The SMILES string of the molecule is CC1(C)OB(C(=Cc2cnc(F)nc2)CS)OC1(C)C. The van der Waals surface area contributed by atoms with Crippen LogP contribution in [0.15, 0.2) is 17.9 Å². The van der Waals surface area contributed by atoms with E-state index < -0.39 is 24.4 Å². The van der Waals surface area contributed by atoms with E-state index in [1.165, 1.54) is 12.4 Å². The molecule has 0 spiro atoms. The number of thiol groups is 1. The van der Waals surface area contributed by atoms with E-state index in [0.29, 0.717) is 11.3 Å². The maximum Gasteiger partial charge on any atom is 0.491 e. The van der Waals surface area contributed by atoms with Crippen LogP contribution < -0.4 is 0 Å². The molecule has 0 aromatic carbocycles. The van der Waals surface area contributed by atoms with Crippen LogP contribution in [0.5, 0.6) is 0 Å². The van der Waals surface area contributed by atoms with Gasteiger partial charge < -0.3 is 9.31 Å². The van der Waals surface area contributed by atoms with Gasteiger partial charge in [-0.3, -0.25) is 0 Å². The summed E-state index contributed by atoms with van der Waals surface area (Å²) in [5.41, 5.74) is 0.727. The highest BCUT2D eigenvalue weighted by Crippen LogP contribution is 2.38. The van der Waals surface area contributed by atoms with Crippen molar-refractivity contribution in [1.82, 2.24) is 9.97 Å². The van der Waals surface area contributed by atoms with E-state index in [9.17, 15) is 4.39 Å². The highest BCUT2D eigenvalue weighted by Gasteiger charge is 2.52. The molecule has 1 aromatic heterocycles. The molecule has 1 aromatic rings. The molecule has 0 atom stereocenters. The first kappa shape index (κ1) is 15.5. The lowest BCUT2D eigenvalue weighted by atomic mass is 9.78. The third-order valence-corrected chi connectivity index (χ3v) is 4.10. The Kier molecular flexibility index (Phi) is 4.23. The minimum atomic E-state index is -0.745. The Morgan fingerprint density at radius 2 is 1.75 bits per heavy atom. The number of halogens is 1. The second kappa shape index (κ2) is 5.46. The minimum absolute atomic E-state index is 0.404. The van der Waals surface area contributed by atoms with Crippen LogP contribution >= 0.6 is 12.6 Å². The molecule has 1 aliphatic heterocycles. The molecule has 4 nitrogen and oxygen atoms in total. The van der Waals surface area contributed by atoms with Crippen LogP contribution in [0.1, 0.15) is 33.3 Å². The van der Waals surface area contributed by atoms with E-state index in [2.05, 4.69) is 22.6 Å². The molecule has 0 amide bonds. The summed E-state index contributed by atoms with van der Waals surface area (Å²) < 4.78 is 24.6. The molecular formula is C13H18BFN2O2S. The zero-order valence-corrected chi connectivity index (χ0v) is 12.9. The first-order valence-electron chi connectivity index (χ1n) is 6.40. The van der Waals surface area contributed by atoms with E-state index in [1.54, 1.807) is 0 Å². The van der Waals surface area contributed by atoms with Crippen LogP contribution in [0.2, 0.25) is 0 Å². The van der Waals surface area contributed by atoms with Gasteiger partial charge in [0, 0.05) is 23.7 Å². The summed E-state index contributed by atoms with van der Waals surface area (Å²) >= 11 is 4.31. The highest BCUT2D eigenvalue weighted by atomic mass is 32.1. The van der Waals surface area contributed by atoms with Crippen molar-refractivity contribution >= 4 is 25.8 Å². The maximum atomic E-state index is 12.7. The molecule has 1 fully saturated rings. The summed E-state index contributed by atoms with van der Waals surface area (Å²) in [6.07, 6.45) is 3.90. The number of rotatable bonds is 3. The van der Waals surface area contributed by atoms with Gasteiger partial charge in [0.25, 0.3) is 0 Å². The Bertz CT molecular complexity index is 504. The Morgan fingerprint density at radius 1 is 1.25 bits per heavy atom. The second-order valence-corrected chi connectivity index (χ2v) is 6.07. The average molecular weight is 296 g/mol.